The molecule has 0 radical (unpaired) electrons. The van der Waals surface area contributed by atoms with Crippen molar-refractivity contribution >= 4 is 35.0 Å². The van der Waals surface area contributed by atoms with Crippen LogP contribution >= 0.6 is 35.0 Å². The summed E-state index contributed by atoms with van der Waals surface area (Å²) in [7, 11) is 0. The Morgan fingerprint density at radius 1 is 0.923 bits per heavy atom. The van der Waals surface area contributed by atoms with Crippen molar-refractivity contribution in [2.24, 2.45) is 0 Å². The molecule has 140 valence electrons. The standard InChI is InChI=1S/C19H19Cl2FO3S/c20-14-5-1-12(2-6-14)9-24-11-16-18(17(22)19(23)26-16)25-10-13-3-7-15(21)8-4-13/h1-8,16-19,23H,9-11H2/t16-,17-,18-,19?/m1/s1. The van der Waals surface area contributed by atoms with Crippen LogP contribution in [0.5, 0.6) is 0 Å². The van der Waals surface area contributed by atoms with E-state index in [0.29, 0.717) is 16.7 Å². The first-order chi connectivity index (χ1) is 12.5. The lowest BCUT2D eigenvalue weighted by atomic mass is 10.1. The molecule has 7 heteroatoms. The van der Waals surface area contributed by atoms with E-state index in [9.17, 15) is 9.50 Å². The zero-order valence-electron chi connectivity index (χ0n) is 13.9. The van der Waals surface area contributed by atoms with Gasteiger partial charge in [-0.15, -0.1) is 11.8 Å². The predicted molar refractivity (Wildman–Crippen MR) is 103 cm³/mol. The number of hydrogen-bond donors (Lipinski definition) is 1. The highest BCUT2D eigenvalue weighted by Crippen LogP contribution is 2.37. The zero-order valence-corrected chi connectivity index (χ0v) is 16.2. The minimum Gasteiger partial charge on any atom is -0.379 e. The zero-order chi connectivity index (χ0) is 18.5. The van der Waals surface area contributed by atoms with E-state index in [0.717, 1.165) is 22.9 Å². The third-order valence-corrected chi connectivity index (χ3v) is 5.88. The van der Waals surface area contributed by atoms with Crippen LogP contribution in [0.4, 0.5) is 4.39 Å². The molecule has 1 fully saturated rings. The van der Waals surface area contributed by atoms with E-state index in [-0.39, 0.29) is 18.5 Å². The Morgan fingerprint density at radius 2 is 1.46 bits per heavy atom. The second-order valence-corrected chi connectivity index (χ2v) is 8.29. The molecule has 0 aromatic heterocycles. The van der Waals surface area contributed by atoms with E-state index in [2.05, 4.69) is 0 Å². The highest BCUT2D eigenvalue weighted by molar-refractivity contribution is 8.00. The van der Waals surface area contributed by atoms with Crippen molar-refractivity contribution in [3.8, 4) is 0 Å². The summed E-state index contributed by atoms with van der Waals surface area (Å²) in [5.74, 6) is 0. The second kappa shape index (κ2) is 9.40. The van der Waals surface area contributed by atoms with E-state index < -0.39 is 17.7 Å². The van der Waals surface area contributed by atoms with Gasteiger partial charge in [-0.2, -0.15) is 0 Å². The van der Waals surface area contributed by atoms with Gasteiger partial charge in [0.1, 0.15) is 11.5 Å². The topological polar surface area (TPSA) is 38.7 Å². The van der Waals surface area contributed by atoms with Gasteiger partial charge >= 0.3 is 0 Å². The molecular formula is C19H19Cl2FO3S. The summed E-state index contributed by atoms with van der Waals surface area (Å²) in [6.07, 6.45) is -2.17. The van der Waals surface area contributed by atoms with Crippen LogP contribution in [-0.2, 0) is 22.7 Å². The van der Waals surface area contributed by atoms with Crippen LogP contribution in [-0.4, -0.2) is 34.7 Å². The van der Waals surface area contributed by atoms with Crippen molar-refractivity contribution < 1.29 is 19.0 Å². The van der Waals surface area contributed by atoms with Crippen LogP contribution in [0.1, 0.15) is 11.1 Å². The molecule has 2 aromatic carbocycles. The molecule has 1 aliphatic rings. The fourth-order valence-corrected chi connectivity index (χ4v) is 4.15. The van der Waals surface area contributed by atoms with Gasteiger partial charge in [-0.25, -0.2) is 4.39 Å². The lowest BCUT2D eigenvalue weighted by Crippen LogP contribution is -2.34. The Kier molecular flexibility index (Phi) is 7.20. The van der Waals surface area contributed by atoms with Gasteiger partial charge in [0.2, 0.25) is 0 Å². The minimum atomic E-state index is -1.45. The molecule has 3 rings (SSSR count). The summed E-state index contributed by atoms with van der Waals surface area (Å²) in [5.41, 5.74) is 0.775. The van der Waals surface area contributed by atoms with E-state index in [1.807, 2.05) is 24.3 Å². The first-order valence-electron chi connectivity index (χ1n) is 8.19. The van der Waals surface area contributed by atoms with Gasteiger partial charge in [0.25, 0.3) is 0 Å². The molecule has 0 spiro atoms. The molecule has 0 aliphatic carbocycles. The van der Waals surface area contributed by atoms with Crippen LogP contribution in [0.25, 0.3) is 0 Å². The molecule has 1 N–H and O–H groups in total. The largest absolute Gasteiger partial charge is 0.379 e. The maximum atomic E-state index is 14.3. The third kappa shape index (κ3) is 5.35. The van der Waals surface area contributed by atoms with Crippen molar-refractivity contribution in [2.45, 2.75) is 36.2 Å². The second-order valence-electron chi connectivity index (χ2n) is 6.05. The summed E-state index contributed by atoms with van der Waals surface area (Å²) < 4.78 is 25.8. The minimum absolute atomic E-state index is 0.253. The lowest BCUT2D eigenvalue weighted by Gasteiger charge is -2.20. The number of benzene rings is 2. The Morgan fingerprint density at radius 3 is 2.04 bits per heavy atom. The smallest absolute Gasteiger partial charge is 0.162 e. The van der Waals surface area contributed by atoms with Crippen LogP contribution in [0.2, 0.25) is 10.0 Å². The van der Waals surface area contributed by atoms with Gasteiger partial charge in [-0.05, 0) is 35.4 Å². The molecular weight excluding hydrogens is 398 g/mol. The average Bonchev–Trinajstić information content (AvgIpc) is 2.90. The van der Waals surface area contributed by atoms with Gasteiger partial charge in [-0.1, -0.05) is 47.5 Å². The molecule has 26 heavy (non-hydrogen) atoms. The number of aliphatic hydroxyl groups is 1. The number of halogens is 3. The van der Waals surface area contributed by atoms with E-state index >= 15 is 0 Å². The molecule has 4 atom stereocenters. The number of aliphatic hydroxyl groups excluding tert-OH is 1. The Labute approximate surface area is 166 Å². The summed E-state index contributed by atoms with van der Waals surface area (Å²) in [6, 6.07) is 14.5. The molecule has 0 amide bonds. The fraction of sp³-hybridized carbons (Fsp3) is 0.368. The van der Waals surface area contributed by atoms with Crippen molar-refractivity contribution in [3.05, 3.63) is 69.7 Å². The molecule has 1 saturated heterocycles. The molecule has 2 aromatic rings. The molecule has 1 unspecified atom stereocenters. The van der Waals surface area contributed by atoms with Crippen LogP contribution < -0.4 is 0 Å². The summed E-state index contributed by atoms with van der Waals surface area (Å²) in [4.78, 5) is 0. The predicted octanol–water partition coefficient (Wildman–Crippen LogP) is 4.87. The van der Waals surface area contributed by atoms with E-state index in [4.69, 9.17) is 32.7 Å². The normalized spacial score (nSPS) is 25.5. The number of alkyl halides is 1. The van der Waals surface area contributed by atoms with Crippen molar-refractivity contribution in [1.29, 1.82) is 0 Å². The van der Waals surface area contributed by atoms with E-state index in [1.54, 1.807) is 24.3 Å². The number of ether oxygens (including phenoxy) is 2. The van der Waals surface area contributed by atoms with Gasteiger partial charge in [0.15, 0.2) is 6.17 Å². The third-order valence-electron chi connectivity index (χ3n) is 4.09. The van der Waals surface area contributed by atoms with E-state index in [1.165, 1.54) is 0 Å². The monoisotopic (exact) mass is 416 g/mol. The SMILES string of the molecule is OC1S[C@H](COCc2ccc(Cl)cc2)[C@@H](OCc2ccc(Cl)cc2)[C@H]1F. The highest BCUT2D eigenvalue weighted by atomic mass is 35.5. The van der Waals surface area contributed by atoms with Crippen LogP contribution in [0.15, 0.2) is 48.5 Å². The van der Waals surface area contributed by atoms with Crippen molar-refractivity contribution in [2.75, 3.05) is 6.61 Å². The Hall–Kier alpha value is -0.820. The fourth-order valence-electron chi connectivity index (χ4n) is 2.68. The van der Waals surface area contributed by atoms with Crippen LogP contribution in [0.3, 0.4) is 0 Å². The first-order valence-corrected chi connectivity index (χ1v) is 9.88. The van der Waals surface area contributed by atoms with Gasteiger partial charge < -0.3 is 14.6 Å². The van der Waals surface area contributed by atoms with Gasteiger partial charge in [0.05, 0.1) is 25.1 Å². The summed E-state index contributed by atoms with van der Waals surface area (Å²) in [6.45, 7) is 0.935. The average molecular weight is 417 g/mol. The first kappa shape index (κ1) is 19.9. The van der Waals surface area contributed by atoms with Crippen molar-refractivity contribution in [3.63, 3.8) is 0 Å². The molecule has 0 saturated carbocycles. The summed E-state index contributed by atoms with van der Waals surface area (Å²) >= 11 is 12.9. The van der Waals surface area contributed by atoms with Crippen molar-refractivity contribution in [1.82, 2.24) is 0 Å². The Balaban J connectivity index is 1.52. The molecule has 0 bridgehead atoms. The maximum Gasteiger partial charge on any atom is 0.162 e. The van der Waals surface area contributed by atoms with Gasteiger partial charge in [0, 0.05) is 10.0 Å². The number of rotatable bonds is 7. The van der Waals surface area contributed by atoms with Crippen LogP contribution in [0, 0.1) is 0 Å². The number of thioether (sulfide) groups is 1. The molecule has 1 heterocycles. The molecule has 1 aliphatic heterocycles. The maximum absolute atomic E-state index is 14.3. The quantitative estimate of drug-likeness (QED) is 0.698. The highest BCUT2D eigenvalue weighted by Gasteiger charge is 2.44. The Bertz CT molecular complexity index is 699. The lowest BCUT2D eigenvalue weighted by molar-refractivity contribution is -0.0386. The number of hydrogen-bond acceptors (Lipinski definition) is 4. The molecule has 3 nitrogen and oxygen atoms in total. The van der Waals surface area contributed by atoms with Gasteiger partial charge in [-0.3, -0.25) is 0 Å². The summed E-state index contributed by atoms with van der Waals surface area (Å²) in [5, 5.41) is 10.9.